The van der Waals surface area contributed by atoms with Crippen LogP contribution >= 0.6 is 0 Å². The quantitative estimate of drug-likeness (QED) is 0.397. The van der Waals surface area contributed by atoms with Gasteiger partial charge in [-0.1, -0.05) is 12.1 Å². The van der Waals surface area contributed by atoms with E-state index in [0.717, 1.165) is 31.9 Å². The average Bonchev–Trinajstić information content (AvgIpc) is 3.17. The maximum absolute atomic E-state index is 11.9. The SMILES string of the molecule is CS(=O)(=O)n1c(=O)oc2ccc(OCC(O)CNC3CCC(c4ccc(C(N)=O)cc4)CC3)cc21. The zero-order valence-electron chi connectivity index (χ0n) is 19.3. The molecule has 188 valence electrons. The highest BCUT2D eigenvalue weighted by molar-refractivity contribution is 7.89. The Morgan fingerprint density at radius 2 is 1.89 bits per heavy atom. The smallest absolute Gasteiger partial charge is 0.434 e. The number of carbonyl (C=O) groups is 1. The third-order valence-electron chi connectivity index (χ3n) is 6.32. The number of fused-ring (bicyclic) bond motifs is 1. The summed E-state index contributed by atoms with van der Waals surface area (Å²) < 4.78 is 34.9. The second-order valence-corrected chi connectivity index (χ2v) is 10.8. The number of ether oxygens (including phenoxy) is 1. The Kier molecular flexibility index (Phi) is 7.29. The summed E-state index contributed by atoms with van der Waals surface area (Å²) in [6.45, 7) is 0.353. The number of hydrogen-bond donors (Lipinski definition) is 3. The predicted molar refractivity (Wildman–Crippen MR) is 130 cm³/mol. The van der Waals surface area contributed by atoms with E-state index in [2.05, 4.69) is 5.32 Å². The van der Waals surface area contributed by atoms with Crippen LogP contribution in [0.25, 0.3) is 11.1 Å². The number of aliphatic hydroxyl groups excluding tert-OH is 1. The summed E-state index contributed by atoms with van der Waals surface area (Å²) in [4.78, 5) is 23.1. The normalized spacial score (nSPS) is 19.5. The lowest BCUT2D eigenvalue weighted by molar-refractivity contribution is 0.0999. The van der Waals surface area contributed by atoms with Crippen molar-refractivity contribution in [3.05, 3.63) is 64.1 Å². The molecule has 11 heteroatoms. The molecular weight excluding hydrogens is 474 g/mol. The van der Waals surface area contributed by atoms with Crippen molar-refractivity contribution >= 4 is 27.0 Å². The topological polar surface area (TPSA) is 154 Å². The van der Waals surface area contributed by atoms with Gasteiger partial charge in [0.15, 0.2) is 5.58 Å². The minimum absolute atomic E-state index is 0.00101. The van der Waals surface area contributed by atoms with Gasteiger partial charge in [0.05, 0.1) is 6.26 Å². The van der Waals surface area contributed by atoms with Gasteiger partial charge in [0.25, 0.3) is 0 Å². The third kappa shape index (κ3) is 5.92. The lowest BCUT2D eigenvalue weighted by Gasteiger charge is -2.30. The Labute approximate surface area is 202 Å². The summed E-state index contributed by atoms with van der Waals surface area (Å²) in [6, 6.07) is 12.2. The first-order valence-electron chi connectivity index (χ1n) is 11.4. The first-order valence-corrected chi connectivity index (χ1v) is 13.3. The first kappa shape index (κ1) is 25.0. The number of amides is 1. The van der Waals surface area contributed by atoms with E-state index in [1.54, 1.807) is 18.2 Å². The molecule has 1 atom stereocenters. The van der Waals surface area contributed by atoms with Gasteiger partial charge >= 0.3 is 5.76 Å². The molecule has 0 spiro atoms. The standard InChI is InChI=1S/C24H29N3O7S/c1-35(31,32)27-21-12-20(10-11-22(21)34-24(27)30)33-14-19(28)13-26-18-8-6-16(7-9-18)15-2-4-17(5-3-15)23(25)29/h2-5,10-12,16,18-19,26,28H,6-9,13-14H2,1H3,(H2,25,29). The van der Waals surface area contributed by atoms with Crippen LogP contribution in [0.4, 0.5) is 0 Å². The Balaban J connectivity index is 1.25. The van der Waals surface area contributed by atoms with Gasteiger partial charge in [0.1, 0.15) is 24.0 Å². The van der Waals surface area contributed by atoms with E-state index < -0.39 is 27.8 Å². The third-order valence-corrected chi connectivity index (χ3v) is 7.33. The van der Waals surface area contributed by atoms with E-state index in [0.29, 0.717) is 27.7 Å². The van der Waals surface area contributed by atoms with Crippen molar-refractivity contribution in [3.63, 3.8) is 0 Å². The van der Waals surface area contributed by atoms with Crippen LogP contribution in [0.5, 0.6) is 5.75 Å². The highest BCUT2D eigenvalue weighted by Gasteiger charge is 2.23. The maximum atomic E-state index is 11.9. The van der Waals surface area contributed by atoms with Gasteiger partial charge < -0.3 is 25.3 Å². The van der Waals surface area contributed by atoms with Gasteiger partial charge in [0, 0.05) is 24.2 Å². The summed E-state index contributed by atoms with van der Waals surface area (Å²) >= 11 is 0. The van der Waals surface area contributed by atoms with Crippen molar-refractivity contribution in [2.24, 2.45) is 5.73 Å². The Morgan fingerprint density at radius 3 is 2.51 bits per heavy atom. The number of primary amides is 1. The summed E-state index contributed by atoms with van der Waals surface area (Å²) in [5.41, 5.74) is 7.24. The van der Waals surface area contributed by atoms with Crippen molar-refractivity contribution in [1.29, 1.82) is 0 Å². The predicted octanol–water partition coefficient (Wildman–Crippen LogP) is 1.56. The molecule has 0 bridgehead atoms. The van der Waals surface area contributed by atoms with E-state index in [1.165, 1.54) is 17.7 Å². The molecule has 10 nitrogen and oxygen atoms in total. The molecule has 1 aliphatic rings. The largest absolute Gasteiger partial charge is 0.491 e. The van der Waals surface area contributed by atoms with Gasteiger partial charge in [-0.05, 0) is 61.4 Å². The number of nitrogens with one attached hydrogen (secondary N) is 1. The van der Waals surface area contributed by atoms with Gasteiger partial charge in [-0.2, -0.15) is 3.97 Å². The van der Waals surface area contributed by atoms with Crippen LogP contribution in [0, 0.1) is 0 Å². The molecule has 0 aliphatic heterocycles. The van der Waals surface area contributed by atoms with Gasteiger partial charge in [0.2, 0.25) is 15.9 Å². The Hall–Kier alpha value is -3.15. The number of nitrogens with two attached hydrogens (primary N) is 1. The van der Waals surface area contributed by atoms with Gasteiger partial charge in [-0.25, -0.2) is 13.2 Å². The fraction of sp³-hybridized carbons (Fsp3) is 0.417. The van der Waals surface area contributed by atoms with Crippen molar-refractivity contribution in [2.75, 3.05) is 19.4 Å². The molecule has 3 aromatic rings. The molecule has 1 heterocycles. The number of benzene rings is 2. The van der Waals surface area contributed by atoms with Crippen molar-refractivity contribution in [3.8, 4) is 5.75 Å². The van der Waals surface area contributed by atoms with E-state index in [1.807, 2.05) is 12.1 Å². The number of aliphatic hydroxyl groups is 1. The second-order valence-electron chi connectivity index (χ2n) is 8.93. The van der Waals surface area contributed by atoms with Crippen LogP contribution in [-0.4, -0.2) is 55.0 Å². The molecular formula is C24H29N3O7S. The molecule has 1 aromatic heterocycles. The average molecular weight is 504 g/mol. The number of hydrogen-bond acceptors (Lipinski definition) is 8. The molecule has 4 N–H and O–H groups in total. The maximum Gasteiger partial charge on any atom is 0.434 e. The van der Waals surface area contributed by atoms with Crippen LogP contribution in [0.2, 0.25) is 0 Å². The van der Waals surface area contributed by atoms with E-state index in [4.69, 9.17) is 14.9 Å². The molecule has 1 aliphatic carbocycles. The molecule has 1 unspecified atom stereocenters. The fourth-order valence-electron chi connectivity index (χ4n) is 4.48. The van der Waals surface area contributed by atoms with Crippen molar-refractivity contribution < 1.29 is 27.5 Å². The molecule has 35 heavy (non-hydrogen) atoms. The minimum Gasteiger partial charge on any atom is -0.491 e. The summed E-state index contributed by atoms with van der Waals surface area (Å²) in [5.74, 6) is -0.660. The molecule has 1 fully saturated rings. The fourth-order valence-corrected chi connectivity index (χ4v) is 5.29. The van der Waals surface area contributed by atoms with Crippen molar-refractivity contribution in [1.82, 2.24) is 9.29 Å². The zero-order chi connectivity index (χ0) is 25.2. The van der Waals surface area contributed by atoms with Gasteiger partial charge in [-0.3, -0.25) is 4.79 Å². The first-order chi connectivity index (χ1) is 16.6. The lowest BCUT2D eigenvalue weighted by Crippen LogP contribution is -2.39. The highest BCUT2D eigenvalue weighted by Crippen LogP contribution is 2.33. The van der Waals surface area contributed by atoms with E-state index >= 15 is 0 Å². The number of carbonyl (C=O) groups excluding carboxylic acids is 1. The van der Waals surface area contributed by atoms with E-state index in [-0.39, 0.29) is 23.7 Å². The van der Waals surface area contributed by atoms with Crippen LogP contribution in [-0.2, 0) is 10.0 Å². The number of oxazole rings is 1. The summed E-state index contributed by atoms with van der Waals surface area (Å²) in [7, 11) is -3.84. The van der Waals surface area contributed by atoms with Crippen LogP contribution in [0.1, 0.15) is 47.5 Å². The highest BCUT2D eigenvalue weighted by atomic mass is 32.2. The van der Waals surface area contributed by atoms with Crippen LogP contribution in [0.15, 0.2) is 51.7 Å². The molecule has 4 rings (SSSR count). The minimum atomic E-state index is -3.84. The Bertz CT molecular complexity index is 1350. The van der Waals surface area contributed by atoms with E-state index in [9.17, 15) is 23.1 Å². The molecule has 2 aromatic carbocycles. The molecule has 1 saturated carbocycles. The zero-order valence-corrected chi connectivity index (χ0v) is 20.2. The monoisotopic (exact) mass is 503 g/mol. The second kappa shape index (κ2) is 10.2. The molecule has 0 radical (unpaired) electrons. The number of rotatable bonds is 9. The van der Waals surface area contributed by atoms with Crippen LogP contribution in [0.3, 0.4) is 0 Å². The summed E-state index contributed by atoms with van der Waals surface area (Å²) in [5, 5.41) is 13.7. The number of nitrogens with zero attached hydrogens (tertiary/aromatic N) is 1. The van der Waals surface area contributed by atoms with Crippen molar-refractivity contribution in [2.45, 2.75) is 43.7 Å². The molecule has 0 saturated heterocycles. The Morgan fingerprint density at radius 1 is 1.20 bits per heavy atom. The van der Waals surface area contributed by atoms with Crippen LogP contribution < -0.4 is 21.5 Å². The van der Waals surface area contributed by atoms with Gasteiger partial charge in [-0.15, -0.1) is 0 Å². The summed E-state index contributed by atoms with van der Waals surface area (Å²) in [6.07, 6.45) is 4.09. The molecule has 1 amide bonds. The number of aromatic nitrogens is 1. The lowest BCUT2D eigenvalue weighted by atomic mass is 9.81.